The van der Waals surface area contributed by atoms with Gasteiger partial charge >= 0.3 is 0 Å². The third kappa shape index (κ3) is 2.31. The van der Waals surface area contributed by atoms with Gasteiger partial charge < -0.3 is 11.1 Å². The number of nitrogens with two attached hydrogens (primary N) is 1. The van der Waals surface area contributed by atoms with Gasteiger partial charge in [0.05, 0.1) is 0 Å². The van der Waals surface area contributed by atoms with Crippen LogP contribution in [0.25, 0.3) is 0 Å². The van der Waals surface area contributed by atoms with E-state index in [0.29, 0.717) is 30.3 Å². The molecule has 3 fully saturated rings. The summed E-state index contributed by atoms with van der Waals surface area (Å²) in [7, 11) is 0. The van der Waals surface area contributed by atoms with Crippen molar-refractivity contribution in [1.82, 2.24) is 5.32 Å². The summed E-state index contributed by atoms with van der Waals surface area (Å²) in [6, 6.07) is 0. The molecular weight excluding hydrogens is 308 g/mol. The van der Waals surface area contributed by atoms with Crippen LogP contribution in [0.2, 0.25) is 0 Å². The lowest BCUT2D eigenvalue weighted by Gasteiger charge is -2.60. The monoisotopic (exact) mass is 342 g/mol. The first-order chi connectivity index (χ1) is 11.9. The van der Waals surface area contributed by atoms with Crippen molar-refractivity contribution in [3.8, 4) is 0 Å². The van der Waals surface area contributed by atoms with Gasteiger partial charge in [0.25, 0.3) is 0 Å². The second kappa shape index (κ2) is 5.70. The second-order valence-corrected chi connectivity index (χ2v) is 9.69. The van der Waals surface area contributed by atoms with Gasteiger partial charge in [-0.25, -0.2) is 0 Å². The fourth-order valence-electron chi connectivity index (χ4n) is 7.28. The average Bonchev–Trinajstić information content (AvgIpc) is 2.81. The van der Waals surface area contributed by atoms with Crippen LogP contribution >= 0.6 is 0 Å². The van der Waals surface area contributed by atoms with Crippen LogP contribution in [0.5, 0.6) is 0 Å². The Morgan fingerprint density at radius 3 is 2.92 bits per heavy atom. The number of hydrogen-bond acceptors (Lipinski definition) is 2. The van der Waals surface area contributed by atoms with Crippen LogP contribution in [-0.2, 0) is 4.79 Å². The molecule has 0 heterocycles. The molecule has 138 valence electrons. The van der Waals surface area contributed by atoms with Crippen LogP contribution in [0.15, 0.2) is 23.8 Å². The number of hydrogen-bond donors (Lipinski definition) is 2. The van der Waals surface area contributed by atoms with Crippen LogP contribution in [0, 0.1) is 28.1 Å². The van der Waals surface area contributed by atoms with Crippen molar-refractivity contribution >= 4 is 5.91 Å². The highest BCUT2D eigenvalue weighted by molar-refractivity contribution is 5.83. The van der Waals surface area contributed by atoms with Gasteiger partial charge in [-0.15, -0.1) is 0 Å². The minimum Gasteiger partial charge on any atom is -0.354 e. The average molecular weight is 343 g/mol. The molecule has 1 amide bonds. The molecule has 0 radical (unpaired) electrons. The first-order valence-corrected chi connectivity index (χ1v) is 10.2. The smallest absolute Gasteiger partial charge is 0.226 e. The summed E-state index contributed by atoms with van der Waals surface area (Å²) in [5.41, 5.74) is 9.09. The van der Waals surface area contributed by atoms with Gasteiger partial charge in [0.1, 0.15) is 0 Å². The Morgan fingerprint density at radius 1 is 1.36 bits per heavy atom. The molecule has 0 saturated heterocycles. The van der Waals surface area contributed by atoms with Crippen molar-refractivity contribution in [2.75, 3.05) is 13.1 Å². The topological polar surface area (TPSA) is 55.1 Å². The third-order valence-electron chi connectivity index (χ3n) is 8.36. The predicted octanol–water partition coefficient (Wildman–Crippen LogP) is 3.95. The zero-order valence-corrected chi connectivity index (χ0v) is 16.0. The van der Waals surface area contributed by atoms with Crippen molar-refractivity contribution in [2.45, 2.75) is 65.2 Å². The highest BCUT2D eigenvalue weighted by Gasteiger charge is 2.62. The summed E-state index contributed by atoms with van der Waals surface area (Å²) in [4.78, 5) is 13.0. The lowest BCUT2D eigenvalue weighted by Crippen LogP contribution is -2.57. The molecule has 0 unspecified atom stereocenters. The summed E-state index contributed by atoms with van der Waals surface area (Å²) in [5, 5.41) is 3.11. The number of nitrogens with one attached hydrogen (secondary N) is 1. The Morgan fingerprint density at radius 2 is 2.16 bits per heavy atom. The van der Waals surface area contributed by atoms with Gasteiger partial charge in [0, 0.05) is 18.5 Å². The first-order valence-electron chi connectivity index (χ1n) is 10.2. The lowest BCUT2D eigenvalue weighted by atomic mass is 9.44. The maximum Gasteiger partial charge on any atom is 0.226 e. The largest absolute Gasteiger partial charge is 0.354 e. The Labute approximate surface area is 152 Å². The zero-order valence-electron chi connectivity index (χ0n) is 16.0. The molecule has 4 aliphatic carbocycles. The fraction of sp³-hybridized carbons (Fsp3) is 0.773. The van der Waals surface area contributed by atoms with Crippen LogP contribution in [0.1, 0.15) is 65.2 Å². The Kier molecular flexibility index (Phi) is 3.95. The fourth-order valence-corrected chi connectivity index (χ4v) is 7.28. The van der Waals surface area contributed by atoms with E-state index in [1.165, 1.54) is 44.1 Å². The van der Waals surface area contributed by atoms with Crippen molar-refractivity contribution in [2.24, 2.45) is 33.8 Å². The third-order valence-corrected chi connectivity index (χ3v) is 8.36. The molecular formula is C22H34N2O. The van der Waals surface area contributed by atoms with Gasteiger partial charge in [0.15, 0.2) is 0 Å². The molecule has 3 heteroatoms. The van der Waals surface area contributed by atoms with Gasteiger partial charge in [0.2, 0.25) is 5.91 Å². The zero-order chi connectivity index (χ0) is 17.9. The summed E-state index contributed by atoms with van der Waals surface area (Å²) >= 11 is 0. The number of carbonyl (C=O) groups is 1. The molecule has 3 N–H and O–H groups in total. The number of amides is 1. The summed E-state index contributed by atoms with van der Waals surface area (Å²) in [5.74, 6) is 1.40. The Bertz CT molecular complexity index is 638. The van der Waals surface area contributed by atoms with Crippen molar-refractivity contribution in [3.05, 3.63) is 23.8 Å². The van der Waals surface area contributed by atoms with E-state index < -0.39 is 0 Å². The predicted molar refractivity (Wildman–Crippen MR) is 102 cm³/mol. The van der Waals surface area contributed by atoms with E-state index in [0.717, 1.165) is 12.8 Å². The van der Waals surface area contributed by atoms with Gasteiger partial charge in [-0.05, 0) is 67.6 Å². The van der Waals surface area contributed by atoms with E-state index in [2.05, 4.69) is 31.8 Å². The second-order valence-electron chi connectivity index (χ2n) is 9.69. The Hall–Kier alpha value is -1.09. The maximum absolute atomic E-state index is 13.0. The summed E-state index contributed by atoms with van der Waals surface area (Å²) in [6.07, 6.45) is 12.1. The molecule has 2 bridgehead atoms. The van der Waals surface area contributed by atoms with Gasteiger partial charge in [-0.2, -0.15) is 0 Å². The van der Waals surface area contributed by atoms with E-state index in [4.69, 9.17) is 5.73 Å². The van der Waals surface area contributed by atoms with E-state index in [1.807, 2.05) is 0 Å². The van der Waals surface area contributed by atoms with Crippen molar-refractivity contribution < 1.29 is 4.79 Å². The lowest BCUT2D eigenvalue weighted by molar-refractivity contribution is -0.143. The molecule has 0 aromatic heterocycles. The van der Waals surface area contributed by atoms with Gasteiger partial charge in [-0.3, -0.25) is 4.79 Å². The maximum atomic E-state index is 13.0. The minimum absolute atomic E-state index is 0.181. The highest BCUT2D eigenvalue weighted by Crippen LogP contribution is 2.70. The summed E-state index contributed by atoms with van der Waals surface area (Å²) < 4.78 is 0. The van der Waals surface area contributed by atoms with E-state index in [9.17, 15) is 4.79 Å². The van der Waals surface area contributed by atoms with Gasteiger partial charge in [-0.1, -0.05) is 44.1 Å². The molecule has 0 aliphatic heterocycles. The van der Waals surface area contributed by atoms with E-state index in [1.54, 1.807) is 5.57 Å². The summed E-state index contributed by atoms with van der Waals surface area (Å²) in [6.45, 7) is 10.2. The Balaban J connectivity index is 1.69. The number of carbonyl (C=O) groups excluding carboxylic acids is 1. The highest BCUT2D eigenvalue weighted by atomic mass is 16.2. The quantitative estimate of drug-likeness (QED) is 0.763. The molecule has 1 spiro atoms. The first kappa shape index (κ1) is 17.3. The van der Waals surface area contributed by atoms with Crippen LogP contribution in [-0.4, -0.2) is 19.0 Å². The van der Waals surface area contributed by atoms with Crippen LogP contribution < -0.4 is 11.1 Å². The standard InChI is InChI=1S/C22H34N2O/c1-15-13-22-10-7-17-20(2,18(22)6-5-16(15)14-22)8-4-9-21(17,3)19(25)24-12-11-23/h6,16-17H,1,4-5,7-14,23H2,2-3H3,(H,24,25)/t16-,17+,20-,21-,22-/m1/s1. The molecule has 4 aliphatic rings. The minimum atomic E-state index is -0.253. The van der Waals surface area contributed by atoms with Crippen LogP contribution in [0.4, 0.5) is 0 Å². The van der Waals surface area contributed by atoms with Crippen molar-refractivity contribution in [1.29, 1.82) is 0 Å². The number of rotatable bonds is 3. The normalized spacial score (nSPS) is 45.4. The molecule has 3 nitrogen and oxygen atoms in total. The number of fused-ring (bicyclic) bond motifs is 3. The van der Waals surface area contributed by atoms with Crippen molar-refractivity contribution in [3.63, 3.8) is 0 Å². The number of allylic oxidation sites excluding steroid dienone is 3. The molecule has 5 atom stereocenters. The molecule has 0 aromatic carbocycles. The molecule has 0 aromatic rings. The van der Waals surface area contributed by atoms with Crippen LogP contribution in [0.3, 0.4) is 0 Å². The molecule has 25 heavy (non-hydrogen) atoms. The van der Waals surface area contributed by atoms with E-state index >= 15 is 0 Å². The van der Waals surface area contributed by atoms with E-state index in [-0.39, 0.29) is 16.7 Å². The molecule has 3 saturated carbocycles. The molecule has 4 rings (SSSR count). The SMILES string of the molecule is C=C1C[C@@]23CC[C@@H]4[C@](C)(C(=O)NCCN)CCC[C@@]4(C)C2=CC[C@@H]1C3.